The number of ether oxygens (including phenoxy) is 5. The molecule has 5 rings (SSSR count). The molecule has 0 heterocycles. The Hall–Kier alpha value is -4.38. The quantitative estimate of drug-likeness (QED) is 0.240. The van der Waals surface area contributed by atoms with Gasteiger partial charge in [0.15, 0.2) is 0 Å². The van der Waals surface area contributed by atoms with Gasteiger partial charge in [0.1, 0.15) is 28.7 Å². The second-order valence-corrected chi connectivity index (χ2v) is 9.68. The smallest absolute Gasteiger partial charge is 0.127 e. The molecule has 0 aliphatic heterocycles. The van der Waals surface area contributed by atoms with Crippen molar-refractivity contribution in [2.45, 2.75) is 18.8 Å². The van der Waals surface area contributed by atoms with E-state index < -0.39 is 0 Å². The van der Waals surface area contributed by atoms with Crippen LogP contribution in [-0.2, 0) is 0 Å². The van der Waals surface area contributed by atoms with E-state index in [9.17, 15) is 0 Å². The lowest BCUT2D eigenvalue weighted by molar-refractivity contribution is 0.388. The van der Waals surface area contributed by atoms with E-state index in [0.717, 1.165) is 51.0 Å². The van der Waals surface area contributed by atoms with Crippen LogP contribution >= 0.6 is 0 Å². The Kier molecular flexibility index (Phi) is 7.51. The first-order chi connectivity index (χ1) is 19.0. The Balaban J connectivity index is 1.83. The van der Waals surface area contributed by atoms with Crippen molar-refractivity contribution >= 4 is 11.6 Å². The molecule has 5 nitrogen and oxygen atoms in total. The molecule has 0 fully saturated rings. The van der Waals surface area contributed by atoms with Gasteiger partial charge in [0.2, 0.25) is 0 Å². The van der Waals surface area contributed by atoms with Crippen LogP contribution in [0.2, 0.25) is 0 Å². The summed E-state index contributed by atoms with van der Waals surface area (Å²) in [6.07, 6.45) is 2.26. The summed E-state index contributed by atoms with van der Waals surface area (Å²) in [5, 5.41) is 0. The fourth-order valence-electron chi connectivity index (χ4n) is 5.52. The number of benzene rings is 4. The maximum atomic E-state index is 6.01. The number of fused-ring (bicyclic) bond motifs is 1. The molecule has 4 aromatic rings. The molecule has 5 heteroatoms. The molecule has 4 aromatic carbocycles. The monoisotopic (exact) mass is 522 g/mol. The van der Waals surface area contributed by atoms with Gasteiger partial charge in [-0.25, -0.2) is 0 Å². The van der Waals surface area contributed by atoms with Crippen LogP contribution in [-0.4, -0.2) is 35.5 Å². The zero-order chi connectivity index (χ0) is 27.5. The fraction of sp³-hybridized carbons (Fsp3) is 0.235. The van der Waals surface area contributed by atoms with Gasteiger partial charge < -0.3 is 23.7 Å². The summed E-state index contributed by atoms with van der Waals surface area (Å²) in [6, 6.07) is 27.1. The van der Waals surface area contributed by atoms with Gasteiger partial charge in [0.25, 0.3) is 0 Å². The van der Waals surface area contributed by atoms with E-state index in [0.29, 0.717) is 0 Å². The summed E-state index contributed by atoms with van der Waals surface area (Å²) in [5.41, 5.74) is 7.98. The van der Waals surface area contributed by atoms with Gasteiger partial charge in [-0.15, -0.1) is 0 Å². The number of rotatable bonds is 8. The van der Waals surface area contributed by atoms with Crippen molar-refractivity contribution in [3.05, 3.63) is 112 Å². The van der Waals surface area contributed by atoms with Crippen molar-refractivity contribution in [2.24, 2.45) is 0 Å². The predicted octanol–water partition coefficient (Wildman–Crippen LogP) is 7.51. The maximum Gasteiger partial charge on any atom is 0.127 e. The van der Waals surface area contributed by atoms with Crippen molar-refractivity contribution in [2.75, 3.05) is 35.5 Å². The van der Waals surface area contributed by atoms with Crippen LogP contribution < -0.4 is 23.7 Å². The van der Waals surface area contributed by atoms with Crippen molar-refractivity contribution < 1.29 is 23.7 Å². The van der Waals surface area contributed by atoms with E-state index in [1.807, 2.05) is 24.3 Å². The van der Waals surface area contributed by atoms with E-state index in [2.05, 4.69) is 67.6 Å². The number of hydrogen-bond acceptors (Lipinski definition) is 5. The van der Waals surface area contributed by atoms with Gasteiger partial charge in [-0.05, 0) is 65.1 Å². The highest BCUT2D eigenvalue weighted by Gasteiger charge is 2.41. The first kappa shape index (κ1) is 26.2. The summed E-state index contributed by atoms with van der Waals surface area (Å²) in [5.74, 6) is 3.78. The molecule has 0 bridgehead atoms. The number of aryl methyl sites for hydroxylation is 1. The molecule has 0 unspecified atom stereocenters. The molecule has 200 valence electrons. The van der Waals surface area contributed by atoms with Crippen molar-refractivity contribution in [1.29, 1.82) is 0 Å². The first-order valence-electron chi connectivity index (χ1n) is 12.9. The summed E-state index contributed by atoms with van der Waals surface area (Å²) >= 11 is 0. The van der Waals surface area contributed by atoms with E-state index in [1.54, 1.807) is 35.5 Å². The highest BCUT2D eigenvalue weighted by atomic mass is 16.5. The Morgan fingerprint density at radius 2 is 1.13 bits per heavy atom. The zero-order valence-corrected chi connectivity index (χ0v) is 23.3. The lowest BCUT2D eigenvalue weighted by atomic mass is 9.79. The van der Waals surface area contributed by atoms with Gasteiger partial charge >= 0.3 is 0 Å². The molecule has 0 amide bonds. The largest absolute Gasteiger partial charge is 0.497 e. The second kappa shape index (κ2) is 11.2. The summed E-state index contributed by atoms with van der Waals surface area (Å²) in [6.45, 7) is 2.11. The number of hydrogen-bond donors (Lipinski definition) is 0. The van der Waals surface area contributed by atoms with Gasteiger partial charge in [-0.3, -0.25) is 0 Å². The van der Waals surface area contributed by atoms with E-state index in [1.165, 1.54) is 16.7 Å². The Morgan fingerprint density at radius 3 is 1.69 bits per heavy atom. The second-order valence-electron chi connectivity index (χ2n) is 9.68. The summed E-state index contributed by atoms with van der Waals surface area (Å²) < 4.78 is 28.5. The number of methoxy groups -OCH3 is 5. The van der Waals surface area contributed by atoms with Gasteiger partial charge in [0.05, 0.1) is 35.5 Å². The van der Waals surface area contributed by atoms with E-state index >= 15 is 0 Å². The molecular weight excluding hydrogens is 488 g/mol. The fourth-order valence-corrected chi connectivity index (χ4v) is 5.52. The number of allylic oxidation sites excluding steroid dienone is 1. The van der Waals surface area contributed by atoms with Crippen LogP contribution in [0.1, 0.15) is 45.2 Å². The third-order valence-corrected chi connectivity index (χ3v) is 7.47. The molecule has 0 saturated carbocycles. The highest BCUT2D eigenvalue weighted by molar-refractivity contribution is 5.93. The molecule has 0 radical (unpaired) electrons. The predicted molar refractivity (Wildman–Crippen MR) is 156 cm³/mol. The Morgan fingerprint density at radius 1 is 0.538 bits per heavy atom. The molecule has 1 aliphatic rings. The Labute approximate surface area is 230 Å². The highest BCUT2D eigenvalue weighted by Crippen LogP contribution is 2.59. The van der Waals surface area contributed by atoms with Gasteiger partial charge in [0, 0.05) is 29.5 Å². The van der Waals surface area contributed by atoms with Crippen LogP contribution in [0.5, 0.6) is 28.7 Å². The minimum Gasteiger partial charge on any atom is -0.497 e. The average Bonchev–Trinajstić information content (AvgIpc) is 3.30. The molecule has 0 N–H and O–H groups in total. The van der Waals surface area contributed by atoms with Crippen LogP contribution in [0.15, 0.2) is 78.9 Å². The van der Waals surface area contributed by atoms with Gasteiger partial charge in [-0.1, -0.05) is 48.0 Å². The molecule has 0 saturated heterocycles. The standard InChI is InChI=1S/C34H34O5/c1-21-7-11-23(12-8-21)32-29(15-22-9-13-25(35-2)14-10-22)30-19-28(38-5)20-31(39-6)34(30)33(32)24-16-26(36-3)18-27(17-24)37-4/h7-20,32-33H,1-6H3/b29-15-/t32-,33+/m0/s1. The third kappa shape index (κ3) is 5.05. The third-order valence-electron chi connectivity index (χ3n) is 7.47. The summed E-state index contributed by atoms with van der Waals surface area (Å²) in [4.78, 5) is 0. The van der Waals surface area contributed by atoms with Crippen LogP contribution in [0.4, 0.5) is 0 Å². The summed E-state index contributed by atoms with van der Waals surface area (Å²) in [7, 11) is 8.44. The lowest BCUT2D eigenvalue weighted by Crippen LogP contribution is -2.09. The van der Waals surface area contributed by atoms with Crippen LogP contribution in [0.25, 0.3) is 11.6 Å². The molecule has 2 atom stereocenters. The Bertz CT molecular complexity index is 1460. The van der Waals surface area contributed by atoms with Crippen molar-refractivity contribution in [3.63, 3.8) is 0 Å². The molecular formula is C34H34O5. The zero-order valence-electron chi connectivity index (χ0n) is 23.3. The van der Waals surface area contributed by atoms with E-state index in [-0.39, 0.29) is 11.8 Å². The topological polar surface area (TPSA) is 46.2 Å². The van der Waals surface area contributed by atoms with Crippen LogP contribution in [0.3, 0.4) is 0 Å². The normalized spacial score (nSPS) is 17.0. The first-order valence-corrected chi connectivity index (χ1v) is 12.9. The van der Waals surface area contributed by atoms with Crippen molar-refractivity contribution in [1.82, 2.24) is 0 Å². The van der Waals surface area contributed by atoms with Crippen LogP contribution in [0, 0.1) is 6.92 Å². The minimum absolute atomic E-state index is 0.000482. The molecule has 39 heavy (non-hydrogen) atoms. The van der Waals surface area contributed by atoms with E-state index in [4.69, 9.17) is 23.7 Å². The maximum absolute atomic E-state index is 6.01. The molecule has 1 aliphatic carbocycles. The van der Waals surface area contributed by atoms with Crippen molar-refractivity contribution in [3.8, 4) is 28.7 Å². The minimum atomic E-state index is -0.0583. The lowest BCUT2D eigenvalue weighted by Gasteiger charge is -2.25. The van der Waals surface area contributed by atoms with Gasteiger partial charge in [-0.2, -0.15) is 0 Å². The average molecular weight is 523 g/mol. The SMILES string of the molecule is COc1ccc(/C=C2/c3cc(OC)cc(OC)c3[C@H](c3cc(OC)cc(OC)c3)[C@H]2c2ccc(C)cc2)cc1. The molecule has 0 spiro atoms. The molecule has 0 aromatic heterocycles.